The van der Waals surface area contributed by atoms with Gasteiger partial charge in [0.25, 0.3) is 5.91 Å². The molecule has 0 saturated carbocycles. The molecule has 0 unspecified atom stereocenters. The molecule has 232 valence electrons. The second-order valence-electron chi connectivity index (χ2n) is 12.3. The maximum Gasteiger partial charge on any atom is 0.317 e. The second kappa shape index (κ2) is 12.6. The lowest BCUT2D eigenvalue weighted by molar-refractivity contribution is 0.0455. The molecule has 2 fully saturated rings. The highest BCUT2D eigenvalue weighted by molar-refractivity contribution is 6.03. The van der Waals surface area contributed by atoms with Crippen molar-refractivity contribution in [3.8, 4) is 11.1 Å². The quantitative estimate of drug-likeness (QED) is 0.364. The first-order valence-electron chi connectivity index (χ1n) is 15.6. The summed E-state index contributed by atoms with van der Waals surface area (Å²) < 4.78 is 31.6. The van der Waals surface area contributed by atoms with E-state index >= 15 is 4.39 Å². The van der Waals surface area contributed by atoms with Gasteiger partial charge in [-0.2, -0.15) is 4.39 Å². The SMILES string of the molecule is CCNC(=O)N1CCC([C@@H](C)N2CC(c3cc(-c4ccc(F)cc4C(=O)N(CC)C(C)C)c4c(F)nc(C)n4c3)C2)CC1. The molecule has 1 atom stereocenters. The maximum atomic E-state index is 15.3. The van der Waals surface area contributed by atoms with Crippen molar-refractivity contribution in [2.24, 2.45) is 5.92 Å². The number of hydrogen-bond acceptors (Lipinski definition) is 4. The molecule has 3 amide bonds. The largest absolute Gasteiger partial charge is 0.338 e. The number of fused-ring (bicyclic) bond motifs is 1. The lowest BCUT2D eigenvalue weighted by atomic mass is 9.83. The number of rotatable bonds is 8. The predicted octanol–water partition coefficient (Wildman–Crippen LogP) is 5.69. The van der Waals surface area contributed by atoms with Crippen molar-refractivity contribution in [1.29, 1.82) is 0 Å². The first-order valence-corrected chi connectivity index (χ1v) is 15.6. The Morgan fingerprint density at radius 2 is 1.77 bits per heavy atom. The van der Waals surface area contributed by atoms with Crippen molar-refractivity contribution in [1.82, 2.24) is 29.4 Å². The number of likely N-dealkylation sites (tertiary alicyclic amines) is 2. The van der Waals surface area contributed by atoms with Crippen LogP contribution >= 0.6 is 0 Å². The van der Waals surface area contributed by atoms with E-state index in [-0.39, 0.29) is 35.0 Å². The van der Waals surface area contributed by atoms with Crippen LogP contribution in [0.15, 0.2) is 30.5 Å². The van der Waals surface area contributed by atoms with E-state index in [9.17, 15) is 14.0 Å². The van der Waals surface area contributed by atoms with Crippen LogP contribution in [0.1, 0.15) is 75.1 Å². The summed E-state index contributed by atoms with van der Waals surface area (Å²) in [6.45, 7) is 16.1. The first-order chi connectivity index (χ1) is 20.5. The molecule has 43 heavy (non-hydrogen) atoms. The molecule has 5 rings (SSSR count). The highest BCUT2D eigenvalue weighted by Gasteiger charge is 2.37. The van der Waals surface area contributed by atoms with Gasteiger partial charge in [0.15, 0.2) is 0 Å². The smallest absolute Gasteiger partial charge is 0.317 e. The van der Waals surface area contributed by atoms with Crippen LogP contribution in [0.25, 0.3) is 16.6 Å². The van der Waals surface area contributed by atoms with Gasteiger partial charge in [-0.15, -0.1) is 0 Å². The summed E-state index contributed by atoms with van der Waals surface area (Å²) >= 11 is 0. The number of hydrogen-bond donors (Lipinski definition) is 1. The molecule has 1 aromatic carbocycles. The number of benzene rings is 1. The number of pyridine rings is 1. The Kier molecular flexibility index (Phi) is 9.06. The molecule has 8 nitrogen and oxygen atoms in total. The minimum Gasteiger partial charge on any atom is -0.338 e. The van der Waals surface area contributed by atoms with Gasteiger partial charge in [0.2, 0.25) is 5.95 Å². The van der Waals surface area contributed by atoms with E-state index in [4.69, 9.17) is 0 Å². The number of carbonyl (C=O) groups excluding carboxylic acids is 2. The molecule has 0 bridgehead atoms. The highest BCUT2D eigenvalue weighted by Crippen LogP contribution is 2.38. The number of nitrogens with one attached hydrogen (secondary N) is 1. The molecular formula is C33H44F2N6O2. The molecule has 2 aliphatic rings. The van der Waals surface area contributed by atoms with Gasteiger partial charge < -0.3 is 19.5 Å². The zero-order valence-electron chi connectivity index (χ0n) is 26.2. The Hall–Kier alpha value is -3.53. The molecule has 2 saturated heterocycles. The minimum absolute atomic E-state index is 0.0210. The van der Waals surface area contributed by atoms with Gasteiger partial charge in [0.1, 0.15) is 17.2 Å². The van der Waals surface area contributed by atoms with E-state index in [1.807, 2.05) is 44.9 Å². The van der Waals surface area contributed by atoms with Crippen molar-refractivity contribution in [2.45, 2.75) is 72.4 Å². The number of nitrogens with zero attached hydrogens (tertiary/aromatic N) is 5. The predicted molar refractivity (Wildman–Crippen MR) is 164 cm³/mol. The van der Waals surface area contributed by atoms with Gasteiger partial charge in [-0.05, 0) is 89.6 Å². The third-order valence-corrected chi connectivity index (χ3v) is 9.41. The Morgan fingerprint density at radius 3 is 2.40 bits per heavy atom. The van der Waals surface area contributed by atoms with Crippen molar-refractivity contribution in [2.75, 3.05) is 39.3 Å². The standard InChI is InChI=1S/C33H44F2N6O2/c1-7-36-33(43)38-13-11-23(12-14-38)21(5)39-17-25(18-39)24-15-28(30-31(35)37-22(6)41(30)19-24)27-10-9-26(34)16-29(27)32(42)40(8-2)20(3)4/h9-10,15-16,19-21,23,25H,7-8,11-14,17-18H2,1-6H3,(H,36,43)/t21-/m1/s1. The average molecular weight is 595 g/mol. The van der Waals surface area contributed by atoms with Crippen LogP contribution in [0.5, 0.6) is 0 Å². The third kappa shape index (κ3) is 5.98. The number of piperidine rings is 1. The Balaban J connectivity index is 1.41. The number of imidazole rings is 1. The monoisotopic (exact) mass is 594 g/mol. The van der Waals surface area contributed by atoms with E-state index in [2.05, 4.69) is 22.1 Å². The molecule has 1 N–H and O–H groups in total. The van der Waals surface area contributed by atoms with Crippen molar-refractivity contribution in [3.05, 3.63) is 59.2 Å². The minimum atomic E-state index is -0.610. The van der Waals surface area contributed by atoms with Crippen molar-refractivity contribution < 1.29 is 18.4 Å². The average Bonchev–Trinajstić information content (AvgIpc) is 3.25. The Bertz CT molecular complexity index is 1490. The topological polar surface area (TPSA) is 73.2 Å². The van der Waals surface area contributed by atoms with Crippen LogP contribution in [0, 0.1) is 24.6 Å². The molecule has 0 spiro atoms. The summed E-state index contributed by atoms with van der Waals surface area (Å²) in [7, 11) is 0. The van der Waals surface area contributed by atoms with E-state index in [0.29, 0.717) is 42.0 Å². The fraction of sp³-hybridized carbons (Fsp3) is 0.545. The molecule has 0 aliphatic carbocycles. The van der Waals surface area contributed by atoms with E-state index in [0.717, 1.165) is 44.6 Å². The molecule has 2 aromatic heterocycles. The van der Waals surface area contributed by atoms with Crippen LogP contribution in [0.3, 0.4) is 0 Å². The number of urea groups is 1. The normalized spacial score (nSPS) is 17.4. The Morgan fingerprint density at radius 1 is 1.07 bits per heavy atom. The van der Waals surface area contributed by atoms with Gasteiger partial charge in [-0.25, -0.2) is 14.2 Å². The van der Waals surface area contributed by atoms with Crippen LogP contribution in [-0.4, -0.2) is 87.4 Å². The molecule has 4 heterocycles. The Labute approximate surface area is 253 Å². The summed E-state index contributed by atoms with van der Waals surface area (Å²) in [5.41, 5.74) is 2.59. The molecule has 10 heteroatoms. The summed E-state index contributed by atoms with van der Waals surface area (Å²) in [5, 5.41) is 2.90. The van der Waals surface area contributed by atoms with Crippen LogP contribution < -0.4 is 5.32 Å². The molecule has 2 aliphatic heterocycles. The zero-order chi connectivity index (χ0) is 31.0. The summed E-state index contributed by atoms with van der Waals surface area (Å²) in [4.78, 5) is 36.0. The molecular weight excluding hydrogens is 550 g/mol. The summed E-state index contributed by atoms with van der Waals surface area (Å²) in [5.74, 6) is -0.135. The zero-order valence-corrected chi connectivity index (χ0v) is 26.2. The highest BCUT2D eigenvalue weighted by atomic mass is 19.1. The molecule has 3 aromatic rings. The van der Waals surface area contributed by atoms with Gasteiger partial charge in [0, 0.05) is 69.0 Å². The van der Waals surface area contributed by atoms with Gasteiger partial charge in [0.05, 0.1) is 5.56 Å². The van der Waals surface area contributed by atoms with Crippen LogP contribution in [0.4, 0.5) is 13.6 Å². The van der Waals surface area contributed by atoms with Gasteiger partial charge in [-0.1, -0.05) is 6.07 Å². The number of halogens is 2. The van der Waals surface area contributed by atoms with Crippen molar-refractivity contribution in [3.63, 3.8) is 0 Å². The van der Waals surface area contributed by atoms with E-state index in [1.165, 1.54) is 12.1 Å². The molecule has 0 radical (unpaired) electrons. The number of amides is 3. The second-order valence-corrected chi connectivity index (χ2v) is 12.3. The van der Waals surface area contributed by atoms with Crippen molar-refractivity contribution >= 4 is 17.5 Å². The third-order valence-electron chi connectivity index (χ3n) is 9.41. The number of aromatic nitrogens is 2. The fourth-order valence-electron chi connectivity index (χ4n) is 6.79. The van der Waals surface area contributed by atoms with E-state index in [1.54, 1.807) is 22.3 Å². The van der Waals surface area contributed by atoms with E-state index < -0.39 is 11.8 Å². The van der Waals surface area contributed by atoms with Gasteiger partial charge >= 0.3 is 6.03 Å². The van der Waals surface area contributed by atoms with Gasteiger partial charge in [-0.3, -0.25) is 9.69 Å². The summed E-state index contributed by atoms with van der Waals surface area (Å²) in [6.07, 6.45) is 3.92. The fourth-order valence-corrected chi connectivity index (χ4v) is 6.79. The summed E-state index contributed by atoms with van der Waals surface area (Å²) in [6, 6.07) is 6.47. The lowest BCUT2D eigenvalue weighted by Gasteiger charge is -2.47. The lowest BCUT2D eigenvalue weighted by Crippen LogP contribution is -2.54. The number of aryl methyl sites for hydroxylation is 1. The van der Waals surface area contributed by atoms with Crippen LogP contribution in [-0.2, 0) is 0 Å². The number of carbonyl (C=O) groups is 2. The van der Waals surface area contributed by atoms with Crippen LogP contribution in [0.2, 0.25) is 0 Å². The first kappa shape index (κ1) is 30.9. The maximum absolute atomic E-state index is 15.3.